The molecule has 330 valence electrons. The Kier molecular flexibility index (Phi) is 43.9. The van der Waals surface area contributed by atoms with Crippen molar-refractivity contribution in [3.63, 3.8) is 0 Å². The summed E-state index contributed by atoms with van der Waals surface area (Å²) in [5, 5.41) is 0. The van der Waals surface area contributed by atoms with E-state index in [0.29, 0.717) is 19.3 Å². The van der Waals surface area contributed by atoms with Gasteiger partial charge in [0.15, 0.2) is 6.10 Å². The van der Waals surface area contributed by atoms with Gasteiger partial charge in [0.05, 0.1) is 0 Å². The summed E-state index contributed by atoms with van der Waals surface area (Å²) in [6.07, 6.45) is 54.0. The molecule has 0 aliphatic rings. The largest absolute Gasteiger partial charge is 0.462 e. The molecule has 0 aromatic rings. The number of allylic oxidation sites excluding steroid dienone is 8. The Morgan fingerprint density at radius 3 is 1.14 bits per heavy atom. The molecule has 0 bridgehead atoms. The van der Waals surface area contributed by atoms with Gasteiger partial charge in [-0.15, -0.1) is 0 Å². The summed E-state index contributed by atoms with van der Waals surface area (Å²) in [6, 6.07) is 0. The Morgan fingerprint density at radius 2 is 0.684 bits per heavy atom. The minimum absolute atomic E-state index is 0.0908. The zero-order valence-corrected chi connectivity index (χ0v) is 37.6. The second-order valence-electron chi connectivity index (χ2n) is 16.0. The average Bonchev–Trinajstić information content (AvgIpc) is 3.21. The summed E-state index contributed by atoms with van der Waals surface area (Å²) in [5.41, 5.74) is 0. The normalized spacial score (nSPS) is 12.4. The van der Waals surface area contributed by atoms with Crippen LogP contribution in [0.25, 0.3) is 0 Å². The van der Waals surface area contributed by atoms with Gasteiger partial charge in [0.25, 0.3) is 0 Å². The van der Waals surface area contributed by atoms with Gasteiger partial charge < -0.3 is 14.2 Å². The second kappa shape index (κ2) is 46.1. The van der Waals surface area contributed by atoms with Crippen LogP contribution in [0.3, 0.4) is 0 Å². The van der Waals surface area contributed by atoms with Crippen molar-refractivity contribution >= 4 is 17.9 Å². The summed E-state index contributed by atoms with van der Waals surface area (Å²) < 4.78 is 16.7. The Morgan fingerprint density at radius 1 is 0.368 bits per heavy atom. The first-order chi connectivity index (χ1) is 28.0. The summed E-state index contributed by atoms with van der Waals surface area (Å²) in [4.78, 5) is 37.7. The molecule has 0 aliphatic carbocycles. The van der Waals surface area contributed by atoms with Crippen molar-refractivity contribution in [3.8, 4) is 0 Å². The fourth-order valence-electron chi connectivity index (χ4n) is 6.64. The fraction of sp³-hybridized carbons (Fsp3) is 0.784. The van der Waals surface area contributed by atoms with Crippen LogP contribution in [-0.4, -0.2) is 37.2 Å². The van der Waals surface area contributed by atoms with E-state index in [-0.39, 0.29) is 31.1 Å². The molecular weight excluding hydrogens is 709 g/mol. The van der Waals surface area contributed by atoms with E-state index in [2.05, 4.69) is 69.4 Å². The molecule has 6 nitrogen and oxygen atoms in total. The lowest BCUT2D eigenvalue weighted by molar-refractivity contribution is -0.167. The van der Waals surface area contributed by atoms with Crippen molar-refractivity contribution < 1.29 is 28.6 Å². The highest BCUT2D eigenvalue weighted by Gasteiger charge is 2.19. The van der Waals surface area contributed by atoms with E-state index in [0.717, 1.165) is 89.9 Å². The van der Waals surface area contributed by atoms with Crippen LogP contribution in [0.2, 0.25) is 0 Å². The van der Waals surface area contributed by atoms with Crippen LogP contribution >= 0.6 is 0 Å². The first kappa shape index (κ1) is 54.4. The zero-order chi connectivity index (χ0) is 41.5. The van der Waals surface area contributed by atoms with Crippen LogP contribution in [0, 0.1) is 0 Å². The van der Waals surface area contributed by atoms with Gasteiger partial charge in [-0.3, -0.25) is 14.4 Å². The second-order valence-corrected chi connectivity index (χ2v) is 16.0. The predicted octanol–water partition coefficient (Wildman–Crippen LogP) is 15.5. The number of carbonyl (C=O) groups excluding carboxylic acids is 3. The van der Waals surface area contributed by atoms with Crippen molar-refractivity contribution in [2.75, 3.05) is 13.2 Å². The van der Waals surface area contributed by atoms with E-state index in [1.54, 1.807) is 0 Å². The van der Waals surface area contributed by atoms with Crippen LogP contribution in [0.15, 0.2) is 48.6 Å². The highest BCUT2D eigenvalue weighted by atomic mass is 16.6. The topological polar surface area (TPSA) is 78.9 Å². The van der Waals surface area contributed by atoms with Gasteiger partial charge in [0.1, 0.15) is 13.2 Å². The quantitative estimate of drug-likeness (QED) is 0.0265. The lowest BCUT2D eigenvalue weighted by Gasteiger charge is -2.18. The monoisotopic (exact) mass is 799 g/mol. The van der Waals surface area contributed by atoms with Crippen molar-refractivity contribution in [2.45, 2.75) is 245 Å². The molecule has 0 saturated heterocycles. The lowest BCUT2D eigenvalue weighted by atomic mass is 10.1. The maximum atomic E-state index is 12.7. The first-order valence-corrected chi connectivity index (χ1v) is 24.1. The molecule has 0 spiro atoms. The Bertz CT molecular complexity index is 1010. The van der Waals surface area contributed by atoms with E-state index in [1.807, 2.05) is 0 Å². The summed E-state index contributed by atoms with van der Waals surface area (Å²) >= 11 is 0. The molecule has 0 radical (unpaired) electrons. The number of hydrogen-bond donors (Lipinski definition) is 0. The van der Waals surface area contributed by atoms with Crippen LogP contribution < -0.4 is 0 Å². The zero-order valence-electron chi connectivity index (χ0n) is 37.6. The number of hydrogen-bond acceptors (Lipinski definition) is 6. The number of rotatable bonds is 43. The number of esters is 3. The Hall–Kier alpha value is -2.63. The fourth-order valence-corrected chi connectivity index (χ4v) is 6.64. The average molecular weight is 799 g/mol. The molecule has 0 rings (SSSR count). The van der Waals surface area contributed by atoms with Gasteiger partial charge in [0, 0.05) is 19.3 Å². The van der Waals surface area contributed by atoms with E-state index in [9.17, 15) is 14.4 Å². The van der Waals surface area contributed by atoms with E-state index < -0.39 is 6.10 Å². The molecule has 0 fully saturated rings. The molecule has 0 saturated carbocycles. The van der Waals surface area contributed by atoms with Gasteiger partial charge in [-0.2, -0.15) is 0 Å². The molecule has 0 aromatic heterocycles. The van der Waals surface area contributed by atoms with Crippen LogP contribution in [-0.2, 0) is 28.6 Å². The summed E-state index contributed by atoms with van der Waals surface area (Å²) in [5.74, 6) is -0.945. The summed E-state index contributed by atoms with van der Waals surface area (Å²) in [7, 11) is 0. The molecule has 1 atom stereocenters. The van der Waals surface area contributed by atoms with Crippen LogP contribution in [0.4, 0.5) is 0 Å². The highest BCUT2D eigenvalue weighted by molar-refractivity contribution is 5.71. The maximum Gasteiger partial charge on any atom is 0.306 e. The molecule has 0 aliphatic heterocycles. The number of carbonyl (C=O) groups is 3. The first-order valence-electron chi connectivity index (χ1n) is 24.1. The molecule has 1 unspecified atom stereocenters. The molecule has 0 N–H and O–H groups in total. The third-order valence-corrected chi connectivity index (χ3v) is 10.3. The lowest BCUT2D eigenvalue weighted by Crippen LogP contribution is -2.30. The van der Waals surface area contributed by atoms with Crippen molar-refractivity contribution in [2.24, 2.45) is 0 Å². The van der Waals surface area contributed by atoms with Gasteiger partial charge in [0.2, 0.25) is 0 Å². The molecule has 0 aromatic carbocycles. The summed E-state index contributed by atoms with van der Waals surface area (Å²) in [6.45, 7) is 6.44. The number of ether oxygens (including phenoxy) is 3. The Labute approximate surface area is 352 Å². The molecule has 6 heteroatoms. The van der Waals surface area contributed by atoms with Crippen molar-refractivity contribution in [1.82, 2.24) is 0 Å². The minimum Gasteiger partial charge on any atom is -0.462 e. The van der Waals surface area contributed by atoms with E-state index in [1.165, 1.54) is 109 Å². The molecule has 0 heterocycles. The third kappa shape index (κ3) is 44.3. The molecule has 0 amide bonds. The van der Waals surface area contributed by atoms with Crippen LogP contribution in [0.1, 0.15) is 239 Å². The molecule has 57 heavy (non-hydrogen) atoms. The smallest absolute Gasteiger partial charge is 0.306 e. The SMILES string of the molecule is CC/C=C\C/C=C\CCCCC(=O)OCC(COC(=O)CCCCCCC/C=C\CCCCCCCCCCC)OC(=O)CCCCCCC/C=C\CCCCC. The van der Waals surface area contributed by atoms with Gasteiger partial charge in [-0.25, -0.2) is 0 Å². The van der Waals surface area contributed by atoms with Gasteiger partial charge >= 0.3 is 17.9 Å². The number of unbranched alkanes of at least 4 members (excludes halogenated alkanes) is 24. The van der Waals surface area contributed by atoms with E-state index >= 15 is 0 Å². The third-order valence-electron chi connectivity index (χ3n) is 10.3. The van der Waals surface area contributed by atoms with Gasteiger partial charge in [-0.05, 0) is 96.3 Å². The molecular formula is C51H90O6. The van der Waals surface area contributed by atoms with Crippen molar-refractivity contribution in [3.05, 3.63) is 48.6 Å². The van der Waals surface area contributed by atoms with Crippen LogP contribution in [0.5, 0.6) is 0 Å². The maximum absolute atomic E-state index is 12.7. The Balaban J connectivity index is 4.33. The van der Waals surface area contributed by atoms with Crippen molar-refractivity contribution in [1.29, 1.82) is 0 Å². The van der Waals surface area contributed by atoms with Gasteiger partial charge in [-0.1, -0.05) is 172 Å². The standard InChI is InChI=1S/C51H90O6/c1-4-7-10-13-16-19-21-23-24-25-26-27-28-30-32-35-38-41-44-50(53)56-47-48(46-55-49(52)43-40-37-34-31-18-15-12-9-6-3)57-51(54)45-42-39-36-33-29-22-20-17-14-11-8-5-2/h9,12,17-18,20,26-27,31,48H,4-8,10-11,13-16,19,21-25,28-30,32-47H2,1-3H3/b12-9-,20-17-,27-26-,31-18-. The highest BCUT2D eigenvalue weighted by Crippen LogP contribution is 2.14. The predicted molar refractivity (Wildman–Crippen MR) is 242 cm³/mol. The van der Waals surface area contributed by atoms with E-state index in [4.69, 9.17) is 14.2 Å². The minimum atomic E-state index is -0.790.